The lowest BCUT2D eigenvalue weighted by atomic mass is 10.1. The van der Waals surface area contributed by atoms with Crippen LogP contribution in [0.4, 0.5) is 0 Å². The van der Waals surface area contributed by atoms with E-state index in [4.69, 9.17) is 9.15 Å². The van der Waals surface area contributed by atoms with Gasteiger partial charge in [-0.15, -0.1) is 0 Å². The van der Waals surface area contributed by atoms with E-state index >= 15 is 0 Å². The molecule has 5 nitrogen and oxygen atoms in total. The van der Waals surface area contributed by atoms with Gasteiger partial charge in [0.25, 0.3) is 0 Å². The maximum absolute atomic E-state index is 11.5. The Kier molecular flexibility index (Phi) is 4.20. The van der Waals surface area contributed by atoms with Crippen molar-refractivity contribution < 1.29 is 23.5 Å². The van der Waals surface area contributed by atoms with E-state index in [1.54, 1.807) is 24.3 Å². The minimum atomic E-state index is -0.468. The van der Waals surface area contributed by atoms with Crippen LogP contribution in [0.15, 0.2) is 41.0 Å². The fourth-order valence-electron chi connectivity index (χ4n) is 1.68. The molecule has 2 rings (SSSR count). The van der Waals surface area contributed by atoms with E-state index in [0.717, 1.165) is 0 Å². The van der Waals surface area contributed by atoms with E-state index in [2.05, 4.69) is 4.74 Å². The molecule has 0 saturated carbocycles. The maximum atomic E-state index is 11.5. The molecule has 0 fully saturated rings. The number of Topliss-reactive ketones (excluding diaryl/α,β-unsaturated/α-hetero) is 1. The Bertz CT molecular complexity index is 609. The second-order valence-electron chi connectivity index (χ2n) is 4.12. The lowest BCUT2D eigenvalue weighted by Crippen LogP contribution is -2.05. The molecular weight excluding hydrogens is 260 g/mol. The third-order valence-corrected chi connectivity index (χ3v) is 2.78. The molecule has 0 saturated heterocycles. The largest absolute Gasteiger partial charge is 0.486 e. The molecule has 20 heavy (non-hydrogen) atoms. The fourth-order valence-corrected chi connectivity index (χ4v) is 1.68. The van der Waals surface area contributed by atoms with Gasteiger partial charge < -0.3 is 13.9 Å². The number of carbonyl (C=O) groups is 2. The van der Waals surface area contributed by atoms with Gasteiger partial charge in [-0.2, -0.15) is 0 Å². The van der Waals surface area contributed by atoms with Crippen LogP contribution in [0, 0.1) is 0 Å². The molecule has 104 valence electrons. The van der Waals surface area contributed by atoms with Gasteiger partial charge in [-0.3, -0.25) is 4.79 Å². The van der Waals surface area contributed by atoms with Crippen LogP contribution in [0.1, 0.15) is 33.4 Å². The number of rotatable bonds is 5. The van der Waals surface area contributed by atoms with Crippen LogP contribution < -0.4 is 4.74 Å². The lowest BCUT2D eigenvalue weighted by molar-refractivity contribution is 0.0595. The first-order valence-electron chi connectivity index (χ1n) is 6.00. The van der Waals surface area contributed by atoms with Crippen molar-refractivity contribution in [1.29, 1.82) is 0 Å². The van der Waals surface area contributed by atoms with E-state index in [0.29, 0.717) is 22.6 Å². The Hall–Kier alpha value is -2.56. The van der Waals surface area contributed by atoms with E-state index in [-0.39, 0.29) is 12.4 Å². The molecule has 0 atom stereocenters. The highest BCUT2D eigenvalue weighted by Crippen LogP contribution is 2.17. The molecule has 0 aliphatic carbocycles. The number of ketones is 1. The first kappa shape index (κ1) is 13.9. The first-order chi connectivity index (χ1) is 9.61. The average molecular weight is 274 g/mol. The summed E-state index contributed by atoms with van der Waals surface area (Å²) in [5.41, 5.74) is 0.957. The van der Waals surface area contributed by atoms with Crippen LogP contribution >= 0.6 is 0 Å². The number of esters is 1. The van der Waals surface area contributed by atoms with E-state index in [1.807, 2.05) is 0 Å². The van der Waals surface area contributed by atoms with Crippen molar-refractivity contribution in [2.75, 3.05) is 7.11 Å². The van der Waals surface area contributed by atoms with Crippen LogP contribution in [0.25, 0.3) is 0 Å². The van der Waals surface area contributed by atoms with Crippen molar-refractivity contribution in [3.63, 3.8) is 0 Å². The third kappa shape index (κ3) is 3.06. The van der Waals surface area contributed by atoms with Gasteiger partial charge >= 0.3 is 5.97 Å². The highest BCUT2D eigenvalue weighted by molar-refractivity contribution is 5.94. The summed E-state index contributed by atoms with van der Waals surface area (Å²) in [6.45, 7) is 1.61. The molecule has 1 aromatic heterocycles. The van der Waals surface area contributed by atoms with Crippen LogP contribution in [0.5, 0.6) is 5.75 Å². The summed E-state index contributed by atoms with van der Waals surface area (Å²) in [7, 11) is 1.31. The molecule has 0 unspecified atom stereocenters. The second-order valence-corrected chi connectivity index (χ2v) is 4.12. The molecule has 0 amide bonds. The number of methoxy groups -OCH3 is 1. The fraction of sp³-hybridized carbons (Fsp3) is 0.200. The van der Waals surface area contributed by atoms with E-state index in [9.17, 15) is 9.59 Å². The first-order valence-corrected chi connectivity index (χ1v) is 6.00. The van der Waals surface area contributed by atoms with Crippen molar-refractivity contribution in [2.45, 2.75) is 13.5 Å². The summed E-state index contributed by atoms with van der Waals surface area (Å²) in [6, 6.07) is 8.28. The number of ether oxygens (including phenoxy) is 2. The molecule has 1 aromatic carbocycles. The van der Waals surface area contributed by atoms with E-state index < -0.39 is 5.97 Å². The topological polar surface area (TPSA) is 65.7 Å². The van der Waals surface area contributed by atoms with Crippen LogP contribution in [0.2, 0.25) is 0 Å². The second kappa shape index (κ2) is 6.06. The van der Waals surface area contributed by atoms with E-state index in [1.165, 1.54) is 26.4 Å². The molecule has 1 heterocycles. The summed E-state index contributed by atoms with van der Waals surface area (Å²) >= 11 is 0. The number of carbonyl (C=O) groups excluding carboxylic acids is 2. The molecule has 2 aromatic rings. The maximum Gasteiger partial charge on any atom is 0.341 e. The molecule has 0 aliphatic rings. The summed E-state index contributed by atoms with van der Waals surface area (Å²) in [5.74, 6) is 0.509. The Morgan fingerprint density at radius 3 is 2.45 bits per heavy atom. The van der Waals surface area contributed by atoms with Gasteiger partial charge in [0.1, 0.15) is 17.9 Å². The minimum Gasteiger partial charge on any atom is -0.486 e. The average Bonchev–Trinajstić information content (AvgIpc) is 2.93. The Labute approximate surface area is 116 Å². The van der Waals surface area contributed by atoms with Gasteiger partial charge in [-0.25, -0.2) is 4.79 Å². The number of furan rings is 1. The predicted molar refractivity (Wildman–Crippen MR) is 70.8 cm³/mol. The number of benzene rings is 1. The lowest BCUT2D eigenvalue weighted by Gasteiger charge is -2.06. The molecule has 0 spiro atoms. The highest BCUT2D eigenvalue weighted by Gasteiger charge is 2.15. The zero-order valence-electron chi connectivity index (χ0n) is 11.2. The number of hydrogen-bond donors (Lipinski definition) is 0. The Morgan fingerprint density at radius 1 is 1.15 bits per heavy atom. The van der Waals surface area contributed by atoms with Crippen LogP contribution in [-0.4, -0.2) is 18.9 Å². The van der Waals surface area contributed by atoms with Gasteiger partial charge in [0.15, 0.2) is 11.5 Å². The van der Waals surface area contributed by atoms with Gasteiger partial charge in [0.2, 0.25) is 0 Å². The molecule has 0 radical (unpaired) electrons. The zero-order chi connectivity index (χ0) is 14.5. The highest BCUT2D eigenvalue weighted by atomic mass is 16.5. The van der Waals surface area contributed by atoms with Crippen molar-refractivity contribution in [3.05, 3.63) is 53.5 Å². The standard InChI is InChI=1S/C15H14O5/c1-10(16)11-3-5-12(6-4-11)20-9-14-13(7-8-19-14)15(17)18-2/h3-8H,9H2,1-2H3. The third-order valence-electron chi connectivity index (χ3n) is 2.78. The van der Waals surface area contributed by atoms with Gasteiger partial charge in [-0.1, -0.05) is 0 Å². The van der Waals surface area contributed by atoms with Crippen molar-refractivity contribution >= 4 is 11.8 Å². The van der Waals surface area contributed by atoms with Crippen LogP contribution in [-0.2, 0) is 11.3 Å². The summed E-state index contributed by atoms with van der Waals surface area (Å²) in [5, 5.41) is 0. The van der Waals surface area contributed by atoms with Gasteiger partial charge in [0.05, 0.1) is 13.4 Å². The molecule has 0 bridgehead atoms. The SMILES string of the molecule is COC(=O)c1ccoc1COc1ccc(C(C)=O)cc1. The molecule has 5 heteroatoms. The van der Waals surface area contributed by atoms with Crippen molar-refractivity contribution in [2.24, 2.45) is 0 Å². The summed E-state index contributed by atoms with van der Waals surface area (Å²) < 4.78 is 15.3. The Balaban J connectivity index is 2.04. The zero-order valence-corrected chi connectivity index (χ0v) is 11.2. The molecule has 0 N–H and O–H groups in total. The van der Waals surface area contributed by atoms with Crippen molar-refractivity contribution in [3.8, 4) is 5.75 Å². The minimum absolute atomic E-state index is 0.00411. The monoisotopic (exact) mass is 274 g/mol. The summed E-state index contributed by atoms with van der Waals surface area (Å²) in [6.07, 6.45) is 1.41. The van der Waals surface area contributed by atoms with Crippen molar-refractivity contribution in [1.82, 2.24) is 0 Å². The number of hydrogen-bond acceptors (Lipinski definition) is 5. The predicted octanol–water partition coefficient (Wildman–Crippen LogP) is 2.85. The summed E-state index contributed by atoms with van der Waals surface area (Å²) in [4.78, 5) is 22.6. The normalized spacial score (nSPS) is 10.1. The van der Waals surface area contributed by atoms with Gasteiger partial charge in [0, 0.05) is 5.56 Å². The molecular formula is C15H14O5. The molecule has 0 aliphatic heterocycles. The van der Waals surface area contributed by atoms with Gasteiger partial charge in [-0.05, 0) is 37.3 Å². The smallest absolute Gasteiger partial charge is 0.341 e. The quantitative estimate of drug-likeness (QED) is 0.619. The van der Waals surface area contributed by atoms with Crippen LogP contribution in [0.3, 0.4) is 0 Å². The Morgan fingerprint density at radius 2 is 1.85 bits per heavy atom.